The van der Waals surface area contributed by atoms with Gasteiger partial charge in [0.15, 0.2) is 0 Å². The average molecular weight is 856 g/mol. The van der Waals surface area contributed by atoms with Crippen molar-refractivity contribution >= 4 is 39.6 Å². The van der Waals surface area contributed by atoms with Crippen molar-refractivity contribution in [2.24, 2.45) is 5.41 Å². The van der Waals surface area contributed by atoms with E-state index < -0.39 is 25.1 Å². The molecule has 0 atom stereocenters. The zero-order valence-electron chi connectivity index (χ0n) is 29.7. The van der Waals surface area contributed by atoms with E-state index in [1.165, 1.54) is 4.40 Å². The van der Waals surface area contributed by atoms with E-state index >= 15 is 0 Å². The van der Waals surface area contributed by atoms with Crippen molar-refractivity contribution in [2.75, 3.05) is 0 Å². The van der Waals surface area contributed by atoms with Crippen LogP contribution in [0.15, 0.2) is 126 Å². The van der Waals surface area contributed by atoms with Gasteiger partial charge in [0, 0.05) is 29.0 Å². The summed E-state index contributed by atoms with van der Waals surface area (Å²) in [6.07, 6.45) is 2.22. The van der Waals surface area contributed by atoms with Gasteiger partial charge >= 0.3 is 99.8 Å². The molecule has 239 valence electrons. The summed E-state index contributed by atoms with van der Waals surface area (Å²) in [5.74, 6) is 7.14. The predicted molar refractivity (Wildman–Crippen MR) is 196 cm³/mol. The molecular weight excluding hydrogens is 813 g/mol. The van der Waals surface area contributed by atoms with Crippen LogP contribution in [0.2, 0.25) is 17.3 Å². The van der Waals surface area contributed by atoms with Gasteiger partial charge in [0.2, 0.25) is 0 Å². The van der Waals surface area contributed by atoms with Crippen molar-refractivity contribution in [1.82, 2.24) is 9.97 Å². The van der Waals surface area contributed by atoms with E-state index in [1.54, 1.807) is 12.3 Å². The quantitative estimate of drug-likeness (QED) is 0.128. The molecule has 3 nitrogen and oxygen atoms in total. The largest absolute Gasteiger partial charge is 0 e. The first-order valence-corrected chi connectivity index (χ1v) is 23.0. The Bertz CT molecular complexity index is 2170. The zero-order valence-corrected chi connectivity index (χ0v) is 32.2. The molecule has 0 saturated heterocycles. The molecule has 0 saturated carbocycles. The molecule has 0 bridgehead atoms. The molecule has 0 N–H and O–H groups in total. The third-order valence-electron chi connectivity index (χ3n) is 7.67. The molecule has 3 aromatic heterocycles. The third kappa shape index (κ3) is 8.37. The van der Waals surface area contributed by atoms with Crippen LogP contribution in [-0.4, -0.2) is 23.2 Å². The summed E-state index contributed by atoms with van der Waals surface area (Å²) in [4.78, 5) is 9.02. The standard InChI is InChI=1S/C28H24NO.C14H16GeN.Ir/c1-28(2,3)18-19-14-15-29-24(16-19)21-12-13-23-26(17-21)30-25-11-7-10-22(27(23)25)20-8-5-4-6-9-20;1-15(2,3)13-9-10-14(16-11-13)12-7-5-4-6-8-12;/h4-16H,18H2,1-3H3;4-7,9-11H,1-3H3;/q2*-1;/i18D2;;. The fourth-order valence-corrected chi connectivity index (χ4v) is 7.57. The molecule has 0 amide bonds. The Morgan fingerprint density at radius 2 is 1.57 bits per heavy atom. The molecule has 47 heavy (non-hydrogen) atoms. The summed E-state index contributed by atoms with van der Waals surface area (Å²) in [5.41, 5.74) is 7.38. The maximum atomic E-state index is 8.60. The summed E-state index contributed by atoms with van der Waals surface area (Å²) < 4.78 is 24.8. The van der Waals surface area contributed by atoms with Gasteiger partial charge in [0.05, 0.1) is 5.58 Å². The number of rotatable bonds is 5. The SMILES string of the molecule is [2H]C([2H])(c1ccnc(-c2[c-]c3oc4cccc(-c5ccccc5)c4c3cc2)c1)C(C)(C)C.[CH3][Ge]([CH3])([CH3])[c]1ccc(-c2[c-]cccc2)nc1.[Ir]. The van der Waals surface area contributed by atoms with Crippen molar-refractivity contribution in [1.29, 1.82) is 0 Å². The fourth-order valence-electron chi connectivity index (χ4n) is 5.40. The monoisotopic (exact) mass is 857 g/mol. The van der Waals surface area contributed by atoms with Crippen LogP contribution in [0.25, 0.3) is 55.6 Å². The summed E-state index contributed by atoms with van der Waals surface area (Å²) in [7, 11) is 0. The molecule has 7 aromatic rings. The van der Waals surface area contributed by atoms with Gasteiger partial charge in [-0.1, -0.05) is 86.3 Å². The number of furan rings is 1. The Labute approximate surface area is 298 Å². The summed E-state index contributed by atoms with van der Waals surface area (Å²) >= 11 is -1.72. The number of fused-ring (bicyclic) bond motifs is 3. The molecular formula is C42H40GeIrN2O-2. The third-order valence-corrected chi connectivity index (χ3v) is 11.9. The Kier molecular flexibility index (Phi) is 9.81. The van der Waals surface area contributed by atoms with E-state index in [4.69, 9.17) is 7.16 Å². The average Bonchev–Trinajstić information content (AvgIpc) is 3.47. The van der Waals surface area contributed by atoms with Crippen LogP contribution in [0, 0.1) is 17.5 Å². The summed E-state index contributed by atoms with van der Waals surface area (Å²) in [6.45, 7) is 5.72. The Morgan fingerprint density at radius 1 is 0.787 bits per heavy atom. The molecule has 0 aliphatic heterocycles. The van der Waals surface area contributed by atoms with Gasteiger partial charge in [-0.3, -0.25) is 0 Å². The van der Waals surface area contributed by atoms with Gasteiger partial charge in [-0.25, -0.2) is 0 Å². The van der Waals surface area contributed by atoms with Crippen LogP contribution >= 0.6 is 0 Å². The number of hydrogen-bond acceptors (Lipinski definition) is 3. The van der Waals surface area contributed by atoms with Gasteiger partial charge in [-0.15, -0.1) is 17.7 Å². The van der Waals surface area contributed by atoms with E-state index in [0.717, 1.165) is 44.3 Å². The molecule has 5 heteroatoms. The van der Waals surface area contributed by atoms with Crippen LogP contribution in [0.4, 0.5) is 0 Å². The number of aromatic nitrogens is 2. The molecule has 0 unspecified atom stereocenters. The van der Waals surface area contributed by atoms with Crippen molar-refractivity contribution in [3.63, 3.8) is 0 Å². The summed E-state index contributed by atoms with van der Waals surface area (Å²) in [6, 6.07) is 42.9. The zero-order chi connectivity index (χ0) is 34.1. The molecule has 0 aliphatic carbocycles. The van der Waals surface area contributed by atoms with Crippen LogP contribution in [0.1, 0.15) is 29.1 Å². The minimum absolute atomic E-state index is 0. The van der Waals surface area contributed by atoms with Gasteiger partial charge < -0.3 is 9.40 Å². The second-order valence-electron chi connectivity index (χ2n) is 13.5. The van der Waals surface area contributed by atoms with Crippen LogP contribution in [0.5, 0.6) is 0 Å². The van der Waals surface area contributed by atoms with Crippen molar-refractivity contribution in [3.05, 3.63) is 139 Å². The van der Waals surface area contributed by atoms with E-state index in [0.29, 0.717) is 16.8 Å². The maximum Gasteiger partial charge on any atom is 0 e. The molecule has 0 spiro atoms. The van der Waals surface area contributed by atoms with Crippen LogP contribution in [0.3, 0.4) is 0 Å². The molecule has 4 aromatic carbocycles. The fraction of sp³-hybridized carbons (Fsp3) is 0.190. The second-order valence-corrected chi connectivity index (χ2v) is 24.2. The molecule has 7 rings (SSSR count). The minimum atomic E-state index is -1.72. The van der Waals surface area contributed by atoms with E-state index in [2.05, 4.69) is 69.7 Å². The van der Waals surface area contributed by atoms with Crippen LogP contribution in [-0.2, 0) is 26.5 Å². The molecule has 0 aliphatic rings. The number of pyridine rings is 2. The minimum Gasteiger partial charge on any atom is 0 e. The van der Waals surface area contributed by atoms with Gasteiger partial charge in [0.25, 0.3) is 0 Å². The first-order chi connectivity index (χ1) is 22.8. The van der Waals surface area contributed by atoms with Gasteiger partial charge in [0.1, 0.15) is 5.58 Å². The smallest absolute Gasteiger partial charge is 0 e. The normalized spacial score (nSPS) is 12.5. The Balaban J connectivity index is 0.000000233. The summed E-state index contributed by atoms with van der Waals surface area (Å²) in [5, 5.41) is 2.08. The first kappa shape index (κ1) is 31.8. The number of hydrogen-bond donors (Lipinski definition) is 0. The van der Waals surface area contributed by atoms with E-state index in [-0.39, 0.29) is 20.1 Å². The van der Waals surface area contributed by atoms with Crippen molar-refractivity contribution in [3.8, 4) is 33.6 Å². The van der Waals surface area contributed by atoms with Crippen molar-refractivity contribution < 1.29 is 27.3 Å². The maximum absolute atomic E-state index is 8.60. The second kappa shape index (κ2) is 14.5. The van der Waals surface area contributed by atoms with Gasteiger partial charge in [-0.05, 0) is 46.1 Å². The topological polar surface area (TPSA) is 38.9 Å². The molecule has 1 radical (unpaired) electrons. The van der Waals surface area contributed by atoms with E-state index in [1.807, 2.05) is 99.8 Å². The number of nitrogens with zero attached hydrogens (tertiary/aromatic N) is 2. The Morgan fingerprint density at radius 3 is 2.26 bits per heavy atom. The van der Waals surface area contributed by atoms with Crippen molar-refractivity contribution in [2.45, 2.75) is 44.4 Å². The van der Waals surface area contributed by atoms with Crippen LogP contribution < -0.4 is 4.40 Å². The number of benzene rings is 4. The molecule has 3 heterocycles. The van der Waals surface area contributed by atoms with E-state index in [9.17, 15) is 0 Å². The predicted octanol–water partition coefficient (Wildman–Crippen LogP) is 10.8. The Hall–Kier alpha value is -3.83. The molecule has 0 fully saturated rings. The first-order valence-electron chi connectivity index (χ1n) is 16.7. The van der Waals surface area contributed by atoms with Gasteiger partial charge in [-0.2, -0.15) is 0 Å².